The first-order valence-corrected chi connectivity index (χ1v) is 13.0. The van der Waals surface area contributed by atoms with Gasteiger partial charge in [0.1, 0.15) is 11.4 Å². The van der Waals surface area contributed by atoms with Crippen molar-refractivity contribution in [2.75, 3.05) is 0 Å². The Balaban J connectivity index is 2.21. The summed E-state index contributed by atoms with van der Waals surface area (Å²) in [6.45, 7) is 8.84. The van der Waals surface area contributed by atoms with E-state index in [1.54, 1.807) is 18.2 Å². The fourth-order valence-electron chi connectivity index (χ4n) is 3.86. The van der Waals surface area contributed by atoms with Gasteiger partial charge in [-0.05, 0) is 39.8 Å². The molecule has 3 nitrogen and oxygen atoms in total. The molecule has 0 aliphatic rings. The van der Waals surface area contributed by atoms with Crippen LogP contribution in [0.2, 0.25) is 0 Å². The van der Waals surface area contributed by atoms with Crippen LogP contribution in [0.1, 0.15) is 33.3 Å². The molecule has 0 spiro atoms. The van der Waals surface area contributed by atoms with E-state index in [2.05, 4.69) is 79.8 Å². The molecule has 0 aliphatic heterocycles. The van der Waals surface area contributed by atoms with Crippen LogP contribution in [0.3, 0.4) is 0 Å². The maximum absolute atomic E-state index is 10.1. The Hall–Kier alpha value is -2.26. The lowest BCUT2D eigenvalue weighted by Crippen LogP contribution is -2.41. The first-order valence-electron chi connectivity index (χ1n) is 10.2. The van der Waals surface area contributed by atoms with E-state index in [1.165, 1.54) is 5.30 Å². The van der Waals surface area contributed by atoms with Crippen LogP contribution < -0.4 is 10.6 Å². The first-order chi connectivity index (χ1) is 14.4. The van der Waals surface area contributed by atoms with Crippen molar-refractivity contribution in [3.05, 3.63) is 84.4 Å². The molecule has 0 saturated carbocycles. The van der Waals surface area contributed by atoms with Gasteiger partial charge in [-0.3, -0.25) is 9.66 Å². The van der Waals surface area contributed by atoms with Gasteiger partial charge in [-0.25, -0.2) is 0 Å². The number of nitrogens with zero attached hydrogens (tertiary/aromatic N) is 2. The van der Waals surface area contributed by atoms with Gasteiger partial charge in [0, 0.05) is 34.5 Å². The number of hydrogen-bond acceptors (Lipinski definition) is 3. The highest BCUT2D eigenvalue weighted by molar-refractivity contribution is 8.20. The Morgan fingerprint density at radius 1 is 0.833 bits per heavy atom. The van der Waals surface area contributed by atoms with Gasteiger partial charge in [0.05, 0.1) is 6.19 Å². The lowest BCUT2D eigenvalue weighted by atomic mass is 10.2. The Labute approximate surface area is 185 Å². The molecule has 0 bridgehead atoms. The Bertz CT molecular complexity index is 1060. The number of aliphatic imine (C=N–C) groups is 1. The Morgan fingerprint density at radius 2 is 1.40 bits per heavy atom. The molecule has 0 radical (unpaired) electrons. The predicted octanol–water partition coefficient (Wildman–Crippen LogP) is 5.61. The molecule has 3 rings (SSSR count). The first kappa shape index (κ1) is 22.4. The quantitative estimate of drug-likeness (QED) is 0.386. The molecule has 0 amide bonds. The average Bonchev–Trinajstić information content (AvgIpc) is 2.73. The highest BCUT2D eigenvalue weighted by Crippen LogP contribution is 2.51. The molecule has 0 heterocycles. The molecule has 5 heteroatoms. The summed E-state index contributed by atoms with van der Waals surface area (Å²) in [5, 5.41) is 12.4. The van der Waals surface area contributed by atoms with Gasteiger partial charge in [0.2, 0.25) is 0 Å². The van der Waals surface area contributed by atoms with Crippen LogP contribution in [-0.2, 0) is 11.8 Å². The van der Waals surface area contributed by atoms with Crippen LogP contribution in [-0.4, -0.2) is 28.1 Å². The molecule has 1 unspecified atom stereocenters. The molecule has 30 heavy (non-hydrogen) atoms. The topological polar surface area (TPSA) is 35.8 Å². The summed E-state index contributed by atoms with van der Waals surface area (Å²) in [5.74, 6) is 0.166. The molecule has 0 aliphatic carbocycles. The smallest absolute Gasteiger partial charge is 0.141 e. The van der Waals surface area contributed by atoms with Crippen molar-refractivity contribution in [1.82, 2.24) is 4.67 Å². The van der Waals surface area contributed by atoms with E-state index in [-0.39, 0.29) is 5.75 Å². The molecular weight excluding hydrogens is 407 g/mol. The molecule has 0 aromatic heterocycles. The van der Waals surface area contributed by atoms with E-state index >= 15 is 0 Å². The minimum atomic E-state index is -2.30. The fraction of sp³-hybridized carbons (Fsp3) is 0.240. The number of para-hydroxylation sites is 2. The summed E-state index contributed by atoms with van der Waals surface area (Å²) >= 11 is 6.58. The molecule has 1 N–H and O–H groups in total. The third-order valence-electron chi connectivity index (χ3n) is 4.98. The van der Waals surface area contributed by atoms with Crippen molar-refractivity contribution in [2.24, 2.45) is 4.99 Å². The summed E-state index contributed by atoms with van der Waals surface area (Å²) in [6, 6.07) is 26.4. The van der Waals surface area contributed by atoms with Crippen LogP contribution in [0.25, 0.3) is 0 Å². The number of rotatable bonds is 7. The van der Waals surface area contributed by atoms with E-state index in [1.807, 2.05) is 24.4 Å². The summed E-state index contributed by atoms with van der Waals surface area (Å²) < 4.78 is 2.48. The van der Waals surface area contributed by atoms with Crippen LogP contribution in [0.15, 0.2) is 83.9 Å². The van der Waals surface area contributed by atoms with Crippen molar-refractivity contribution < 1.29 is 5.11 Å². The SMILES string of the molecule is CC(C)N(C(C)C)P(=S)(c1ccccc1)c1ccccc1C=Nc1ccccc1O. The summed E-state index contributed by atoms with van der Waals surface area (Å²) in [6.07, 6.45) is -0.478. The maximum Gasteiger partial charge on any atom is 0.141 e. The van der Waals surface area contributed by atoms with E-state index in [9.17, 15) is 5.11 Å². The maximum atomic E-state index is 10.1. The van der Waals surface area contributed by atoms with E-state index < -0.39 is 6.19 Å². The second kappa shape index (κ2) is 9.70. The molecule has 0 fully saturated rings. The largest absolute Gasteiger partial charge is 0.506 e. The van der Waals surface area contributed by atoms with Crippen LogP contribution >= 0.6 is 6.19 Å². The number of hydrogen-bond donors (Lipinski definition) is 1. The molecule has 156 valence electrons. The second-order valence-corrected chi connectivity index (χ2v) is 12.0. The third-order valence-corrected chi connectivity index (χ3v) is 10.4. The average molecular weight is 437 g/mol. The lowest BCUT2D eigenvalue weighted by molar-refractivity contribution is 0.326. The van der Waals surface area contributed by atoms with Crippen molar-refractivity contribution in [2.45, 2.75) is 39.8 Å². The molecular formula is C25H29N2OPS. The Kier molecular flexibility index (Phi) is 7.25. The Morgan fingerprint density at radius 3 is 2.03 bits per heavy atom. The minimum Gasteiger partial charge on any atom is -0.506 e. The zero-order valence-corrected chi connectivity index (χ0v) is 19.6. The molecule has 3 aromatic rings. The summed E-state index contributed by atoms with van der Waals surface area (Å²) in [5.41, 5.74) is 1.53. The number of benzene rings is 3. The number of phenolic OH excluding ortho intramolecular Hbond substituents is 1. The molecule has 1 atom stereocenters. The minimum absolute atomic E-state index is 0.166. The van der Waals surface area contributed by atoms with Gasteiger partial charge in [-0.2, -0.15) is 0 Å². The second-order valence-electron chi connectivity index (χ2n) is 7.78. The standard InChI is InChI=1S/C25H29N2OPS/c1-19(2)27(20(3)4)29(30,22-13-6-5-7-14-22)25-17-11-8-12-21(25)18-26-23-15-9-10-16-24(23)28/h5-20,28H,1-4H3. The summed E-state index contributed by atoms with van der Waals surface area (Å²) in [4.78, 5) is 4.57. The lowest BCUT2D eigenvalue weighted by Gasteiger charge is -2.42. The van der Waals surface area contributed by atoms with E-state index in [0.29, 0.717) is 17.8 Å². The van der Waals surface area contributed by atoms with Crippen molar-refractivity contribution in [3.63, 3.8) is 0 Å². The molecule has 0 saturated heterocycles. The van der Waals surface area contributed by atoms with Crippen molar-refractivity contribution in [1.29, 1.82) is 0 Å². The van der Waals surface area contributed by atoms with Gasteiger partial charge < -0.3 is 5.11 Å². The third kappa shape index (κ3) is 4.57. The number of phenols is 1. The van der Waals surface area contributed by atoms with Crippen LogP contribution in [0.4, 0.5) is 5.69 Å². The van der Waals surface area contributed by atoms with Gasteiger partial charge in [0.15, 0.2) is 0 Å². The van der Waals surface area contributed by atoms with Crippen LogP contribution in [0, 0.1) is 0 Å². The van der Waals surface area contributed by atoms with Gasteiger partial charge in [-0.1, -0.05) is 78.5 Å². The molecule has 3 aromatic carbocycles. The fourth-order valence-corrected chi connectivity index (χ4v) is 9.30. The predicted molar refractivity (Wildman–Crippen MR) is 134 cm³/mol. The summed E-state index contributed by atoms with van der Waals surface area (Å²) in [7, 11) is 0. The van der Waals surface area contributed by atoms with Gasteiger partial charge >= 0.3 is 0 Å². The van der Waals surface area contributed by atoms with Gasteiger partial charge in [0.25, 0.3) is 0 Å². The van der Waals surface area contributed by atoms with Gasteiger partial charge in [-0.15, -0.1) is 0 Å². The van der Waals surface area contributed by atoms with Crippen molar-refractivity contribution in [3.8, 4) is 5.75 Å². The van der Waals surface area contributed by atoms with Crippen LogP contribution in [0.5, 0.6) is 5.75 Å². The number of aromatic hydroxyl groups is 1. The zero-order valence-electron chi connectivity index (χ0n) is 17.9. The highest BCUT2D eigenvalue weighted by atomic mass is 32.4. The van der Waals surface area contributed by atoms with E-state index in [4.69, 9.17) is 11.8 Å². The zero-order chi connectivity index (χ0) is 21.7. The van der Waals surface area contributed by atoms with Crippen molar-refractivity contribution >= 4 is 40.5 Å². The monoisotopic (exact) mass is 436 g/mol. The normalized spacial score (nSPS) is 14.0. The van der Waals surface area contributed by atoms with E-state index in [0.717, 1.165) is 10.9 Å². The highest BCUT2D eigenvalue weighted by Gasteiger charge is 2.34.